The SMILES string of the molecule is C[C@@H](NC(=O)c1ccccc1-c1ccc(Cn2cccn2)cc1)c1ccc(F)cc1F. The molecule has 4 nitrogen and oxygen atoms in total. The molecule has 1 amide bonds. The second-order valence-corrected chi connectivity index (χ2v) is 7.31. The van der Waals surface area contributed by atoms with E-state index in [2.05, 4.69) is 10.4 Å². The summed E-state index contributed by atoms with van der Waals surface area (Å²) in [6.45, 7) is 2.33. The maximum absolute atomic E-state index is 14.1. The molecule has 1 N–H and O–H groups in total. The van der Waals surface area contributed by atoms with Crippen LogP contribution in [0.25, 0.3) is 11.1 Å². The van der Waals surface area contributed by atoms with Crippen molar-refractivity contribution in [1.82, 2.24) is 15.1 Å². The van der Waals surface area contributed by atoms with Crippen LogP contribution in [0.3, 0.4) is 0 Å². The summed E-state index contributed by atoms with van der Waals surface area (Å²) in [5.41, 5.74) is 3.48. The van der Waals surface area contributed by atoms with Gasteiger partial charge in [-0.1, -0.05) is 48.5 Å². The first-order valence-corrected chi connectivity index (χ1v) is 9.93. The predicted molar refractivity (Wildman–Crippen MR) is 115 cm³/mol. The highest BCUT2D eigenvalue weighted by atomic mass is 19.1. The highest BCUT2D eigenvalue weighted by molar-refractivity contribution is 6.01. The van der Waals surface area contributed by atoms with Crippen LogP contribution in [0, 0.1) is 11.6 Å². The van der Waals surface area contributed by atoms with E-state index in [1.807, 2.05) is 53.3 Å². The summed E-state index contributed by atoms with van der Waals surface area (Å²) in [4.78, 5) is 13.0. The Kier molecular flexibility index (Phi) is 5.89. The first-order valence-electron chi connectivity index (χ1n) is 9.93. The van der Waals surface area contributed by atoms with Crippen LogP contribution in [-0.2, 0) is 6.54 Å². The molecule has 0 saturated heterocycles. The fourth-order valence-electron chi connectivity index (χ4n) is 3.51. The summed E-state index contributed by atoms with van der Waals surface area (Å²) in [6, 6.07) is 19.8. The quantitative estimate of drug-likeness (QED) is 0.459. The van der Waals surface area contributed by atoms with E-state index < -0.39 is 17.7 Å². The largest absolute Gasteiger partial charge is 0.345 e. The van der Waals surface area contributed by atoms with Crippen LogP contribution in [0.1, 0.15) is 34.5 Å². The molecule has 6 heteroatoms. The minimum atomic E-state index is -0.686. The molecule has 0 aliphatic carbocycles. The van der Waals surface area contributed by atoms with Gasteiger partial charge in [-0.3, -0.25) is 9.48 Å². The molecule has 1 heterocycles. The first kappa shape index (κ1) is 20.5. The normalized spacial score (nSPS) is 11.8. The van der Waals surface area contributed by atoms with E-state index in [1.165, 1.54) is 12.1 Å². The highest BCUT2D eigenvalue weighted by Gasteiger charge is 2.18. The van der Waals surface area contributed by atoms with E-state index >= 15 is 0 Å². The van der Waals surface area contributed by atoms with Gasteiger partial charge in [0.1, 0.15) is 11.6 Å². The number of aromatic nitrogens is 2. The van der Waals surface area contributed by atoms with Crippen molar-refractivity contribution in [3.63, 3.8) is 0 Å². The van der Waals surface area contributed by atoms with Gasteiger partial charge >= 0.3 is 0 Å². The van der Waals surface area contributed by atoms with Crippen molar-refractivity contribution in [3.8, 4) is 11.1 Å². The number of hydrogen-bond donors (Lipinski definition) is 1. The third-order valence-corrected chi connectivity index (χ3v) is 5.12. The molecule has 4 aromatic rings. The molecule has 0 bridgehead atoms. The van der Waals surface area contributed by atoms with Gasteiger partial charge in [-0.05, 0) is 41.8 Å². The zero-order chi connectivity index (χ0) is 21.8. The molecule has 0 unspecified atom stereocenters. The van der Waals surface area contributed by atoms with Crippen molar-refractivity contribution in [3.05, 3.63) is 114 Å². The molecule has 4 rings (SSSR count). The second kappa shape index (κ2) is 8.92. The summed E-state index contributed by atoms with van der Waals surface area (Å²) < 4.78 is 29.1. The molecule has 1 atom stereocenters. The van der Waals surface area contributed by atoms with Crippen molar-refractivity contribution in [2.24, 2.45) is 0 Å². The fraction of sp³-hybridized carbons (Fsp3) is 0.120. The molecular formula is C25H21F2N3O. The average Bonchev–Trinajstić information content (AvgIpc) is 3.27. The molecule has 1 aromatic heterocycles. The number of nitrogens with zero attached hydrogens (tertiary/aromatic N) is 2. The number of nitrogens with one attached hydrogen (secondary N) is 1. The lowest BCUT2D eigenvalue weighted by atomic mass is 9.97. The molecule has 0 saturated carbocycles. The standard InChI is InChI=1S/C25H21F2N3O/c1-17(21-12-11-20(26)15-24(21)27)29-25(31)23-6-3-2-5-22(23)19-9-7-18(8-10-19)16-30-14-4-13-28-30/h2-15,17H,16H2,1H3,(H,29,31)/t17-/m1/s1. The zero-order valence-electron chi connectivity index (χ0n) is 16.9. The average molecular weight is 417 g/mol. The Labute approximate surface area is 179 Å². The van der Waals surface area contributed by atoms with Gasteiger partial charge in [-0.15, -0.1) is 0 Å². The highest BCUT2D eigenvalue weighted by Crippen LogP contribution is 2.25. The van der Waals surface area contributed by atoms with Gasteiger partial charge in [0.2, 0.25) is 0 Å². The fourth-order valence-corrected chi connectivity index (χ4v) is 3.51. The van der Waals surface area contributed by atoms with Crippen molar-refractivity contribution in [2.75, 3.05) is 0 Å². The number of rotatable bonds is 6. The summed E-state index contributed by atoms with van der Waals surface area (Å²) in [5.74, 6) is -1.66. The number of halogens is 2. The Bertz CT molecular complexity index is 1190. The summed E-state index contributed by atoms with van der Waals surface area (Å²) in [7, 11) is 0. The van der Waals surface area contributed by atoms with Crippen molar-refractivity contribution in [2.45, 2.75) is 19.5 Å². The van der Waals surface area contributed by atoms with Gasteiger partial charge in [0.25, 0.3) is 5.91 Å². The lowest BCUT2D eigenvalue weighted by Crippen LogP contribution is -2.27. The van der Waals surface area contributed by atoms with Crippen LogP contribution in [0.4, 0.5) is 8.78 Å². The number of amides is 1. The number of carbonyl (C=O) groups excluding carboxylic acids is 1. The van der Waals surface area contributed by atoms with Gasteiger partial charge in [-0.25, -0.2) is 8.78 Å². The van der Waals surface area contributed by atoms with Gasteiger partial charge in [0.15, 0.2) is 0 Å². The van der Waals surface area contributed by atoms with Gasteiger partial charge in [0.05, 0.1) is 12.6 Å². The molecule has 0 aliphatic heterocycles. The summed E-state index contributed by atoms with van der Waals surface area (Å²) >= 11 is 0. The smallest absolute Gasteiger partial charge is 0.252 e. The molecule has 0 spiro atoms. The molecule has 0 radical (unpaired) electrons. The second-order valence-electron chi connectivity index (χ2n) is 7.31. The van der Waals surface area contributed by atoms with E-state index in [1.54, 1.807) is 25.3 Å². The van der Waals surface area contributed by atoms with Crippen LogP contribution < -0.4 is 5.32 Å². The van der Waals surface area contributed by atoms with Crippen molar-refractivity contribution in [1.29, 1.82) is 0 Å². The Morgan fingerprint density at radius 2 is 1.81 bits per heavy atom. The van der Waals surface area contributed by atoms with E-state index in [0.29, 0.717) is 12.1 Å². The number of benzene rings is 3. The molecule has 156 valence electrons. The molecule has 0 aliphatic rings. The van der Waals surface area contributed by atoms with E-state index in [-0.39, 0.29) is 11.5 Å². The molecule has 31 heavy (non-hydrogen) atoms. The van der Waals surface area contributed by atoms with Crippen LogP contribution in [0.2, 0.25) is 0 Å². The first-order chi connectivity index (χ1) is 15.0. The van der Waals surface area contributed by atoms with E-state index in [4.69, 9.17) is 0 Å². The van der Waals surface area contributed by atoms with Crippen LogP contribution >= 0.6 is 0 Å². The lowest BCUT2D eigenvalue weighted by molar-refractivity contribution is 0.0940. The maximum atomic E-state index is 14.1. The minimum absolute atomic E-state index is 0.232. The monoisotopic (exact) mass is 417 g/mol. The number of hydrogen-bond acceptors (Lipinski definition) is 2. The maximum Gasteiger partial charge on any atom is 0.252 e. The Balaban J connectivity index is 1.54. The van der Waals surface area contributed by atoms with Gasteiger partial charge in [-0.2, -0.15) is 5.10 Å². The van der Waals surface area contributed by atoms with Crippen molar-refractivity contribution < 1.29 is 13.6 Å². The van der Waals surface area contributed by atoms with Crippen LogP contribution in [0.5, 0.6) is 0 Å². The lowest BCUT2D eigenvalue weighted by Gasteiger charge is -2.17. The number of carbonyl (C=O) groups is 1. The zero-order valence-corrected chi connectivity index (χ0v) is 16.9. The molecular weight excluding hydrogens is 396 g/mol. The van der Waals surface area contributed by atoms with Crippen LogP contribution in [-0.4, -0.2) is 15.7 Å². The van der Waals surface area contributed by atoms with Gasteiger partial charge in [0, 0.05) is 29.6 Å². The predicted octanol–water partition coefficient (Wildman–Crippen LogP) is 5.37. The summed E-state index contributed by atoms with van der Waals surface area (Å²) in [5, 5.41) is 7.02. The van der Waals surface area contributed by atoms with Crippen molar-refractivity contribution >= 4 is 5.91 Å². The van der Waals surface area contributed by atoms with Gasteiger partial charge < -0.3 is 5.32 Å². The minimum Gasteiger partial charge on any atom is -0.345 e. The molecule has 0 fully saturated rings. The Morgan fingerprint density at radius 1 is 1.03 bits per heavy atom. The van der Waals surface area contributed by atoms with Crippen LogP contribution in [0.15, 0.2) is 85.2 Å². The van der Waals surface area contributed by atoms with E-state index in [9.17, 15) is 13.6 Å². The molecule has 3 aromatic carbocycles. The Hall–Kier alpha value is -3.80. The summed E-state index contributed by atoms with van der Waals surface area (Å²) in [6.07, 6.45) is 3.64. The topological polar surface area (TPSA) is 46.9 Å². The Morgan fingerprint density at radius 3 is 2.52 bits per heavy atom. The van der Waals surface area contributed by atoms with E-state index in [0.717, 1.165) is 22.8 Å². The third kappa shape index (κ3) is 4.69. The third-order valence-electron chi connectivity index (χ3n) is 5.12.